The van der Waals surface area contributed by atoms with Gasteiger partial charge >= 0.3 is 0 Å². The maximum absolute atomic E-state index is 5.82. The van der Waals surface area contributed by atoms with E-state index in [0.29, 0.717) is 0 Å². The Hall–Kier alpha value is -0.540. The molecule has 0 aromatic heterocycles. The predicted molar refractivity (Wildman–Crippen MR) is 67.4 cm³/mol. The Morgan fingerprint density at radius 2 is 2.07 bits per heavy atom. The standard InChI is InChI=1S/C12H18BrNO/c1-8(2)15-12-9(3)5-11(13)6-10(12)7-14-4/h5-6,8,14H,7H2,1-4H3. The number of nitrogens with one attached hydrogen (secondary N) is 1. The largest absolute Gasteiger partial charge is 0.490 e. The first-order chi connectivity index (χ1) is 7.04. The molecule has 1 aromatic carbocycles. The van der Waals surface area contributed by atoms with E-state index in [2.05, 4.69) is 40.3 Å². The van der Waals surface area contributed by atoms with Crippen LogP contribution in [0.25, 0.3) is 0 Å². The summed E-state index contributed by atoms with van der Waals surface area (Å²) >= 11 is 3.50. The van der Waals surface area contributed by atoms with E-state index in [4.69, 9.17) is 4.74 Å². The SMILES string of the molecule is CNCc1cc(Br)cc(C)c1OC(C)C. The number of aryl methyl sites for hydroxylation is 1. The Kier molecular flexibility index (Phi) is 4.61. The van der Waals surface area contributed by atoms with Gasteiger partial charge in [0.15, 0.2) is 0 Å². The second kappa shape index (κ2) is 5.52. The Bertz CT molecular complexity index is 337. The van der Waals surface area contributed by atoms with Crippen LogP contribution in [0.3, 0.4) is 0 Å². The van der Waals surface area contributed by atoms with Crippen molar-refractivity contribution >= 4 is 15.9 Å². The van der Waals surface area contributed by atoms with Crippen molar-refractivity contribution in [3.05, 3.63) is 27.7 Å². The lowest BCUT2D eigenvalue weighted by Crippen LogP contribution is -2.12. The fourth-order valence-electron chi connectivity index (χ4n) is 1.53. The van der Waals surface area contributed by atoms with Crippen LogP contribution in [-0.4, -0.2) is 13.2 Å². The van der Waals surface area contributed by atoms with Gasteiger partial charge in [-0.1, -0.05) is 15.9 Å². The first-order valence-electron chi connectivity index (χ1n) is 5.15. The summed E-state index contributed by atoms with van der Waals surface area (Å²) in [5.74, 6) is 1.00. The van der Waals surface area contributed by atoms with Gasteiger partial charge in [0.25, 0.3) is 0 Å². The lowest BCUT2D eigenvalue weighted by Gasteiger charge is -2.17. The first-order valence-corrected chi connectivity index (χ1v) is 5.94. The molecule has 0 spiro atoms. The van der Waals surface area contributed by atoms with Crippen molar-refractivity contribution in [3.63, 3.8) is 0 Å². The third kappa shape index (κ3) is 3.50. The van der Waals surface area contributed by atoms with Gasteiger partial charge in [0.05, 0.1) is 6.10 Å². The summed E-state index contributed by atoms with van der Waals surface area (Å²) in [5.41, 5.74) is 2.36. The van der Waals surface area contributed by atoms with Crippen molar-refractivity contribution < 1.29 is 4.74 Å². The molecule has 3 heteroatoms. The topological polar surface area (TPSA) is 21.3 Å². The molecular formula is C12H18BrNO. The van der Waals surface area contributed by atoms with Crippen LogP contribution in [0.15, 0.2) is 16.6 Å². The van der Waals surface area contributed by atoms with Crippen molar-refractivity contribution in [2.24, 2.45) is 0 Å². The predicted octanol–water partition coefficient (Wildman–Crippen LogP) is 3.26. The van der Waals surface area contributed by atoms with E-state index in [1.165, 1.54) is 11.1 Å². The second-order valence-corrected chi connectivity index (χ2v) is 4.82. The van der Waals surface area contributed by atoms with Crippen LogP contribution in [0, 0.1) is 6.92 Å². The van der Waals surface area contributed by atoms with Gasteiger partial charge in [-0.15, -0.1) is 0 Å². The molecule has 15 heavy (non-hydrogen) atoms. The highest BCUT2D eigenvalue weighted by molar-refractivity contribution is 9.10. The van der Waals surface area contributed by atoms with Crippen molar-refractivity contribution in [2.45, 2.75) is 33.4 Å². The van der Waals surface area contributed by atoms with Gasteiger partial charge in [0, 0.05) is 16.6 Å². The molecule has 84 valence electrons. The van der Waals surface area contributed by atoms with E-state index in [9.17, 15) is 0 Å². The maximum atomic E-state index is 5.82. The van der Waals surface area contributed by atoms with E-state index in [0.717, 1.165) is 16.8 Å². The zero-order chi connectivity index (χ0) is 11.4. The molecule has 0 amide bonds. The summed E-state index contributed by atoms with van der Waals surface area (Å²) in [7, 11) is 1.94. The molecule has 1 rings (SSSR count). The van der Waals surface area contributed by atoms with Gasteiger partial charge in [0.2, 0.25) is 0 Å². The lowest BCUT2D eigenvalue weighted by atomic mass is 10.1. The van der Waals surface area contributed by atoms with Gasteiger partial charge in [0.1, 0.15) is 5.75 Å². The van der Waals surface area contributed by atoms with E-state index < -0.39 is 0 Å². The molecule has 0 radical (unpaired) electrons. The zero-order valence-electron chi connectivity index (χ0n) is 9.73. The number of hydrogen-bond donors (Lipinski definition) is 1. The third-order valence-electron chi connectivity index (χ3n) is 2.04. The monoisotopic (exact) mass is 271 g/mol. The van der Waals surface area contributed by atoms with Crippen LogP contribution >= 0.6 is 15.9 Å². The molecule has 0 bridgehead atoms. The molecule has 0 aliphatic rings. The summed E-state index contributed by atoms with van der Waals surface area (Å²) in [6.07, 6.45) is 0.209. The van der Waals surface area contributed by atoms with Gasteiger partial charge in [-0.25, -0.2) is 0 Å². The minimum atomic E-state index is 0.209. The van der Waals surface area contributed by atoms with Crippen molar-refractivity contribution in [2.75, 3.05) is 7.05 Å². The van der Waals surface area contributed by atoms with Gasteiger partial charge in [-0.3, -0.25) is 0 Å². The highest BCUT2D eigenvalue weighted by Crippen LogP contribution is 2.28. The first kappa shape index (κ1) is 12.5. The quantitative estimate of drug-likeness (QED) is 0.908. The Balaban J connectivity index is 3.08. The molecule has 0 aliphatic carbocycles. The van der Waals surface area contributed by atoms with Crippen LogP contribution in [-0.2, 0) is 6.54 Å². The van der Waals surface area contributed by atoms with E-state index in [1.807, 2.05) is 20.9 Å². The minimum Gasteiger partial charge on any atom is -0.490 e. The molecule has 0 aliphatic heterocycles. The fourth-order valence-corrected chi connectivity index (χ4v) is 2.15. The summed E-state index contributed by atoms with van der Waals surface area (Å²) in [6, 6.07) is 4.18. The van der Waals surface area contributed by atoms with Gasteiger partial charge in [-0.05, 0) is 45.5 Å². The number of benzene rings is 1. The summed E-state index contributed by atoms with van der Waals surface area (Å²) in [5, 5.41) is 3.15. The van der Waals surface area contributed by atoms with Gasteiger partial charge in [-0.2, -0.15) is 0 Å². The molecule has 0 fully saturated rings. The van der Waals surface area contributed by atoms with Gasteiger partial charge < -0.3 is 10.1 Å². The van der Waals surface area contributed by atoms with E-state index in [1.54, 1.807) is 0 Å². The molecule has 1 aromatic rings. The van der Waals surface area contributed by atoms with Crippen molar-refractivity contribution in [1.29, 1.82) is 0 Å². The molecule has 0 heterocycles. The fraction of sp³-hybridized carbons (Fsp3) is 0.500. The molecule has 0 saturated heterocycles. The molecule has 0 saturated carbocycles. The molecule has 0 unspecified atom stereocenters. The summed E-state index contributed by atoms with van der Waals surface area (Å²) in [6.45, 7) is 6.99. The van der Waals surface area contributed by atoms with Crippen molar-refractivity contribution in [3.8, 4) is 5.75 Å². The zero-order valence-corrected chi connectivity index (χ0v) is 11.3. The average Bonchev–Trinajstić information content (AvgIpc) is 2.11. The van der Waals surface area contributed by atoms with Crippen LogP contribution in [0.2, 0.25) is 0 Å². The van der Waals surface area contributed by atoms with E-state index in [-0.39, 0.29) is 6.10 Å². The number of ether oxygens (including phenoxy) is 1. The normalized spacial score (nSPS) is 10.8. The average molecular weight is 272 g/mol. The highest BCUT2D eigenvalue weighted by atomic mass is 79.9. The third-order valence-corrected chi connectivity index (χ3v) is 2.49. The number of hydrogen-bond acceptors (Lipinski definition) is 2. The van der Waals surface area contributed by atoms with Crippen LogP contribution in [0.5, 0.6) is 5.75 Å². The lowest BCUT2D eigenvalue weighted by molar-refractivity contribution is 0.238. The maximum Gasteiger partial charge on any atom is 0.127 e. The molecule has 0 atom stereocenters. The minimum absolute atomic E-state index is 0.209. The molecule has 2 nitrogen and oxygen atoms in total. The number of rotatable bonds is 4. The van der Waals surface area contributed by atoms with Crippen LogP contribution in [0.1, 0.15) is 25.0 Å². The Morgan fingerprint density at radius 3 is 2.60 bits per heavy atom. The Morgan fingerprint density at radius 1 is 1.40 bits per heavy atom. The summed E-state index contributed by atoms with van der Waals surface area (Å²) < 4.78 is 6.92. The van der Waals surface area contributed by atoms with Crippen molar-refractivity contribution in [1.82, 2.24) is 5.32 Å². The van der Waals surface area contributed by atoms with Crippen LogP contribution < -0.4 is 10.1 Å². The number of halogens is 1. The molecular weight excluding hydrogens is 254 g/mol. The smallest absolute Gasteiger partial charge is 0.127 e. The summed E-state index contributed by atoms with van der Waals surface area (Å²) in [4.78, 5) is 0. The highest BCUT2D eigenvalue weighted by Gasteiger charge is 2.09. The Labute approximate surface area is 100 Å². The second-order valence-electron chi connectivity index (χ2n) is 3.91. The van der Waals surface area contributed by atoms with Crippen LogP contribution in [0.4, 0.5) is 0 Å². The molecule has 1 N–H and O–H groups in total. The van der Waals surface area contributed by atoms with E-state index >= 15 is 0 Å².